The number of nitrogens with zero attached hydrogens (tertiary/aromatic N) is 2. The van der Waals surface area contributed by atoms with E-state index in [0.717, 1.165) is 5.56 Å². The Hall–Kier alpha value is -3.29. The van der Waals surface area contributed by atoms with Crippen LogP contribution in [0.5, 0.6) is 23.0 Å². The van der Waals surface area contributed by atoms with Gasteiger partial charge in [-0.1, -0.05) is 56.5 Å². The molecule has 0 fully saturated rings. The Bertz CT molecular complexity index is 2100. The number of carbonyl (C=O) groups is 1. The van der Waals surface area contributed by atoms with Crippen LogP contribution in [0.25, 0.3) is 6.08 Å². The summed E-state index contributed by atoms with van der Waals surface area (Å²) in [4.78, 5) is 32.6. The number of benzene rings is 3. The van der Waals surface area contributed by atoms with Gasteiger partial charge in [0, 0.05) is 20.1 Å². The molecule has 0 radical (unpaired) electrons. The highest BCUT2D eigenvalue weighted by Crippen LogP contribution is 2.41. The van der Waals surface area contributed by atoms with Crippen molar-refractivity contribution in [2.45, 2.75) is 26.5 Å². The molecule has 1 atom stereocenters. The SMILES string of the molecule is CCOC(=O)C1=C(C)N=c2s/c(=C\c3cc(Br)c(OCc4ccc(Cl)cc4Cl)c(OC)c3)c(=O)n2[C@H]1c1cc(OC)c(OC)cc1Br. The number of carbonyl (C=O) groups excluding carboxylic acids is 1. The number of ether oxygens (including phenoxy) is 5. The summed E-state index contributed by atoms with van der Waals surface area (Å²) < 4.78 is 31.3. The van der Waals surface area contributed by atoms with Crippen molar-refractivity contribution in [3.63, 3.8) is 0 Å². The Morgan fingerprint density at radius 2 is 1.70 bits per heavy atom. The van der Waals surface area contributed by atoms with Crippen molar-refractivity contribution < 1.29 is 28.5 Å². The third-order valence-electron chi connectivity index (χ3n) is 7.25. The zero-order valence-electron chi connectivity index (χ0n) is 25.8. The minimum absolute atomic E-state index is 0.156. The van der Waals surface area contributed by atoms with Crippen LogP contribution in [0.15, 0.2) is 72.5 Å². The molecule has 3 aromatic carbocycles. The van der Waals surface area contributed by atoms with Gasteiger partial charge in [-0.3, -0.25) is 9.36 Å². The molecule has 14 heteroatoms. The van der Waals surface area contributed by atoms with E-state index in [0.29, 0.717) is 68.1 Å². The smallest absolute Gasteiger partial charge is 0.338 e. The maximum Gasteiger partial charge on any atom is 0.338 e. The van der Waals surface area contributed by atoms with E-state index < -0.39 is 12.0 Å². The first-order valence-electron chi connectivity index (χ1n) is 14.1. The lowest BCUT2D eigenvalue weighted by Crippen LogP contribution is -2.40. The van der Waals surface area contributed by atoms with E-state index in [9.17, 15) is 9.59 Å². The molecule has 1 aliphatic heterocycles. The van der Waals surface area contributed by atoms with E-state index in [1.165, 1.54) is 37.2 Å². The molecule has 0 saturated heterocycles. The molecule has 2 heterocycles. The summed E-state index contributed by atoms with van der Waals surface area (Å²) >= 11 is 20.8. The maximum atomic E-state index is 14.2. The molecule has 246 valence electrons. The predicted molar refractivity (Wildman–Crippen MR) is 189 cm³/mol. The van der Waals surface area contributed by atoms with Crippen LogP contribution in [0.2, 0.25) is 10.0 Å². The van der Waals surface area contributed by atoms with Gasteiger partial charge in [-0.25, -0.2) is 9.79 Å². The van der Waals surface area contributed by atoms with E-state index in [1.54, 1.807) is 56.3 Å². The number of hydrogen-bond acceptors (Lipinski definition) is 9. The van der Waals surface area contributed by atoms with E-state index >= 15 is 0 Å². The number of halogens is 4. The normalized spacial score (nSPS) is 14.4. The van der Waals surface area contributed by atoms with Crippen molar-refractivity contribution in [1.29, 1.82) is 0 Å². The lowest BCUT2D eigenvalue weighted by molar-refractivity contribution is -0.139. The molecule has 0 unspecified atom stereocenters. The van der Waals surface area contributed by atoms with Crippen molar-refractivity contribution in [3.8, 4) is 23.0 Å². The van der Waals surface area contributed by atoms with Gasteiger partial charge in [0.25, 0.3) is 5.56 Å². The first-order chi connectivity index (χ1) is 22.5. The summed E-state index contributed by atoms with van der Waals surface area (Å²) in [5.41, 5.74) is 2.35. The highest BCUT2D eigenvalue weighted by molar-refractivity contribution is 9.10. The molecule has 0 aliphatic carbocycles. The number of hydrogen-bond donors (Lipinski definition) is 0. The van der Waals surface area contributed by atoms with Gasteiger partial charge in [0.05, 0.1) is 54.3 Å². The zero-order chi connectivity index (χ0) is 34.0. The molecule has 0 amide bonds. The molecular formula is C33H28Br2Cl2N2O7S. The van der Waals surface area contributed by atoms with E-state index in [-0.39, 0.29) is 24.3 Å². The molecule has 0 N–H and O–H groups in total. The van der Waals surface area contributed by atoms with Crippen LogP contribution in [0.1, 0.15) is 36.6 Å². The molecule has 0 spiro atoms. The summed E-state index contributed by atoms with van der Waals surface area (Å²) in [6.07, 6.45) is 1.74. The Morgan fingerprint density at radius 1 is 1.00 bits per heavy atom. The largest absolute Gasteiger partial charge is 0.493 e. The van der Waals surface area contributed by atoms with Crippen molar-refractivity contribution in [3.05, 3.63) is 109 Å². The number of methoxy groups -OCH3 is 3. The fourth-order valence-electron chi connectivity index (χ4n) is 5.07. The van der Waals surface area contributed by atoms with Crippen molar-refractivity contribution in [1.82, 2.24) is 4.57 Å². The Labute approximate surface area is 301 Å². The lowest BCUT2D eigenvalue weighted by atomic mass is 9.95. The quantitative estimate of drug-likeness (QED) is 0.156. The van der Waals surface area contributed by atoms with E-state index in [2.05, 4.69) is 36.9 Å². The van der Waals surface area contributed by atoms with Crippen LogP contribution in [0.3, 0.4) is 0 Å². The van der Waals surface area contributed by atoms with Crippen LogP contribution in [-0.4, -0.2) is 38.5 Å². The molecule has 47 heavy (non-hydrogen) atoms. The highest BCUT2D eigenvalue weighted by atomic mass is 79.9. The number of fused-ring (bicyclic) bond motifs is 1. The molecule has 1 aromatic heterocycles. The first kappa shape index (κ1) is 35.0. The van der Waals surface area contributed by atoms with Crippen LogP contribution in [0.4, 0.5) is 0 Å². The Balaban J connectivity index is 1.62. The van der Waals surface area contributed by atoms with Gasteiger partial charge in [-0.05, 0) is 83.4 Å². The van der Waals surface area contributed by atoms with Crippen LogP contribution in [0, 0.1) is 0 Å². The number of allylic oxidation sites excluding steroid dienone is 1. The second kappa shape index (κ2) is 14.9. The summed E-state index contributed by atoms with van der Waals surface area (Å²) in [7, 11) is 4.58. The second-order valence-corrected chi connectivity index (χ2v) is 13.7. The summed E-state index contributed by atoms with van der Waals surface area (Å²) in [6.45, 7) is 3.78. The fraction of sp³-hybridized carbons (Fsp3) is 0.242. The summed E-state index contributed by atoms with van der Waals surface area (Å²) in [5, 5.41) is 1.02. The van der Waals surface area contributed by atoms with E-state index in [1.807, 2.05) is 6.07 Å². The fourth-order valence-corrected chi connectivity index (χ4v) is 7.69. The average molecular weight is 827 g/mol. The predicted octanol–water partition coefficient (Wildman–Crippen LogP) is 7.23. The highest BCUT2D eigenvalue weighted by Gasteiger charge is 2.35. The second-order valence-electron chi connectivity index (χ2n) is 10.1. The van der Waals surface area contributed by atoms with Crippen LogP contribution in [-0.2, 0) is 16.1 Å². The summed E-state index contributed by atoms with van der Waals surface area (Å²) in [6, 6.07) is 11.4. The zero-order valence-corrected chi connectivity index (χ0v) is 31.3. The molecule has 5 rings (SSSR count). The van der Waals surface area contributed by atoms with E-state index in [4.69, 9.17) is 46.9 Å². The summed E-state index contributed by atoms with van der Waals surface area (Å²) in [5.74, 6) is 1.25. The van der Waals surface area contributed by atoms with Crippen molar-refractivity contribution in [2.75, 3.05) is 27.9 Å². The van der Waals surface area contributed by atoms with Crippen molar-refractivity contribution >= 4 is 78.4 Å². The molecule has 4 aromatic rings. The molecular weight excluding hydrogens is 799 g/mol. The molecule has 1 aliphatic rings. The van der Waals surface area contributed by atoms with Gasteiger partial charge in [0.1, 0.15) is 6.61 Å². The number of rotatable bonds is 10. The topological polar surface area (TPSA) is 97.6 Å². The number of aromatic nitrogens is 1. The Kier molecular flexibility index (Phi) is 11.1. The van der Waals surface area contributed by atoms with Gasteiger partial charge in [0.15, 0.2) is 27.8 Å². The lowest BCUT2D eigenvalue weighted by Gasteiger charge is -2.26. The van der Waals surface area contributed by atoms with Gasteiger partial charge < -0.3 is 23.7 Å². The third kappa shape index (κ3) is 7.12. The monoisotopic (exact) mass is 824 g/mol. The van der Waals surface area contributed by atoms with Gasteiger partial charge in [0.2, 0.25) is 0 Å². The van der Waals surface area contributed by atoms with Gasteiger partial charge >= 0.3 is 5.97 Å². The number of esters is 1. The van der Waals surface area contributed by atoms with Crippen LogP contribution < -0.4 is 33.8 Å². The van der Waals surface area contributed by atoms with Crippen LogP contribution >= 0.6 is 66.4 Å². The minimum Gasteiger partial charge on any atom is -0.493 e. The third-order valence-corrected chi connectivity index (χ3v) is 10.1. The molecule has 0 bridgehead atoms. The average Bonchev–Trinajstić information content (AvgIpc) is 3.33. The minimum atomic E-state index is -0.863. The number of thiazole rings is 1. The van der Waals surface area contributed by atoms with Crippen molar-refractivity contribution in [2.24, 2.45) is 4.99 Å². The Morgan fingerprint density at radius 3 is 2.36 bits per heavy atom. The first-order valence-corrected chi connectivity index (χ1v) is 17.2. The maximum absolute atomic E-state index is 14.2. The standard InChI is InChI=1S/C33H28Br2Cl2N2O7S/c1-6-45-32(41)28-16(2)38-33-39(29(28)20-13-24(42-3)25(43-4)14-21(20)34)31(40)27(47-33)11-17-9-22(35)30(26(10-17)44-5)46-15-18-7-8-19(36)12-23(18)37/h7-14,29H,6,15H2,1-5H3/b27-11-/t29-/m0/s1. The molecule has 9 nitrogen and oxygen atoms in total. The van der Waals surface area contributed by atoms with Gasteiger partial charge in [-0.15, -0.1) is 0 Å². The van der Waals surface area contributed by atoms with Gasteiger partial charge in [-0.2, -0.15) is 0 Å². The molecule has 0 saturated carbocycles.